The number of ether oxygens (including phenoxy) is 1. The third-order valence-electron chi connectivity index (χ3n) is 4.21. The van der Waals surface area contributed by atoms with Crippen LogP contribution in [0.4, 0.5) is 4.39 Å². The van der Waals surface area contributed by atoms with Gasteiger partial charge < -0.3 is 15.0 Å². The standard InChI is InChI=1S/C18H25FN4O3/c1-20-18(21-9-10-23-16(24)5-4-6-17(23)25)22(2)12-13-7-8-15(26-3)14(19)11-13/h7-8,11H,4-6,9-10,12H2,1-3H3,(H,20,21). The van der Waals surface area contributed by atoms with Gasteiger partial charge in [0.15, 0.2) is 17.5 Å². The lowest BCUT2D eigenvalue weighted by atomic mass is 10.1. The Morgan fingerprint density at radius 1 is 1.35 bits per heavy atom. The predicted octanol–water partition coefficient (Wildman–Crippen LogP) is 1.38. The number of rotatable bonds is 6. The Bertz CT molecular complexity index is 677. The molecule has 8 heteroatoms. The van der Waals surface area contributed by atoms with Gasteiger partial charge in [0.1, 0.15) is 0 Å². The first-order valence-electron chi connectivity index (χ1n) is 8.53. The molecule has 1 saturated heterocycles. The quantitative estimate of drug-likeness (QED) is 0.469. The minimum absolute atomic E-state index is 0.125. The summed E-state index contributed by atoms with van der Waals surface area (Å²) in [6.45, 7) is 1.16. The molecular weight excluding hydrogens is 339 g/mol. The zero-order chi connectivity index (χ0) is 19.1. The Balaban J connectivity index is 1.88. The van der Waals surface area contributed by atoms with Crippen LogP contribution in [0.3, 0.4) is 0 Å². The summed E-state index contributed by atoms with van der Waals surface area (Å²) >= 11 is 0. The molecule has 1 fully saturated rings. The van der Waals surface area contributed by atoms with Crippen LogP contribution in [0.1, 0.15) is 24.8 Å². The molecule has 2 amide bonds. The smallest absolute Gasteiger partial charge is 0.229 e. The highest BCUT2D eigenvalue weighted by Gasteiger charge is 2.25. The van der Waals surface area contributed by atoms with Gasteiger partial charge in [-0.2, -0.15) is 0 Å². The van der Waals surface area contributed by atoms with E-state index in [2.05, 4.69) is 10.3 Å². The lowest BCUT2D eigenvalue weighted by molar-refractivity contribution is -0.147. The highest BCUT2D eigenvalue weighted by molar-refractivity contribution is 5.97. The van der Waals surface area contributed by atoms with Crippen molar-refractivity contribution in [1.82, 2.24) is 15.1 Å². The summed E-state index contributed by atoms with van der Waals surface area (Å²) in [4.78, 5) is 30.9. The minimum Gasteiger partial charge on any atom is -0.494 e. The number of carbonyl (C=O) groups excluding carboxylic acids is 2. The van der Waals surface area contributed by atoms with Crippen LogP contribution in [0, 0.1) is 5.82 Å². The zero-order valence-corrected chi connectivity index (χ0v) is 15.4. The molecule has 1 N–H and O–H groups in total. The molecule has 1 heterocycles. The van der Waals surface area contributed by atoms with Crippen LogP contribution in [0.2, 0.25) is 0 Å². The van der Waals surface area contributed by atoms with Gasteiger partial charge >= 0.3 is 0 Å². The Morgan fingerprint density at radius 3 is 2.62 bits per heavy atom. The molecular formula is C18H25FN4O3. The maximum atomic E-state index is 13.8. The molecule has 0 radical (unpaired) electrons. The molecule has 1 aliphatic rings. The number of nitrogens with zero attached hydrogens (tertiary/aromatic N) is 3. The lowest BCUT2D eigenvalue weighted by Crippen LogP contribution is -2.46. The maximum Gasteiger partial charge on any atom is 0.229 e. The van der Waals surface area contributed by atoms with Gasteiger partial charge in [-0.1, -0.05) is 6.07 Å². The zero-order valence-electron chi connectivity index (χ0n) is 15.4. The van der Waals surface area contributed by atoms with Crippen molar-refractivity contribution in [3.05, 3.63) is 29.6 Å². The van der Waals surface area contributed by atoms with E-state index in [4.69, 9.17) is 4.74 Å². The SMILES string of the molecule is CN=C(NCCN1C(=O)CCCC1=O)N(C)Cc1ccc(OC)c(F)c1. The number of piperidine rings is 1. The second-order valence-corrected chi connectivity index (χ2v) is 6.09. The average molecular weight is 364 g/mol. The number of likely N-dealkylation sites (tertiary alicyclic amines) is 1. The molecule has 0 saturated carbocycles. The van der Waals surface area contributed by atoms with Crippen LogP contribution in [-0.2, 0) is 16.1 Å². The number of methoxy groups -OCH3 is 1. The fourth-order valence-electron chi connectivity index (χ4n) is 2.87. The van der Waals surface area contributed by atoms with Gasteiger partial charge in [-0.05, 0) is 24.1 Å². The molecule has 0 unspecified atom stereocenters. The van der Waals surface area contributed by atoms with Crippen molar-refractivity contribution < 1.29 is 18.7 Å². The van der Waals surface area contributed by atoms with E-state index in [0.717, 1.165) is 5.56 Å². The predicted molar refractivity (Wildman–Crippen MR) is 96.4 cm³/mol. The third kappa shape index (κ3) is 4.93. The van der Waals surface area contributed by atoms with Crippen LogP contribution in [0.25, 0.3) is 0 Å². The van der Waals surface area contributed by atoms with Gasteiger partial charge in [-0.25, -0.2) is 4.39 Å². The molecule has 0 atom stereocenters. The number of benzene rings is 1. The van der Waals surface area contributed by atoms with Crippen molar-refractivity contribution in [1.29, 1.82) is 0 Å². The van der Waals surface area contributed by atoms with Gasteiger partial charge in [0.25, 0.3) is 0 Å². The average Bonchev–Trinajstić information content (AvgIpc) is 2.61. The summed E-state index contributed by atoms with van der Waals surface area (Å²) in [6, 6.07) is 4.80. The summed E-state index contributed by atoms with van der Waals surface area (Å²) in [5, 5.41) is 3.13. The van der Waals surface area contributed by atoms with Crippen molar-refractivity contribution in [2.75, 3.05) is 34.3 Å². The summed E-state index contributed by atoms with van der Waals surface area (Å²) in [5.41, 5.74) is 0.773. The number of carbonyl (C=O) groups is 2. The van der Waals surface area contributed by atoms with Crippen LogP contribution >= 0.6 is 0 Å². The van der Waals surface area contributed by atoms with Crippen LogP contribution in [0.15, 0.2) is 23.2 Å². The normalized spacial score (nSPS) is 15.2. The van der Waals surface area contributed by atoms with Crippen molar-refractivity contribution >= 4 is 17.8 Å². The van der Waals surface area contributed by atoms with Crippen molar-refractivity contribution in [2.24, 2.45) is 4.99 Å². The van der Waals surface area contributed by atoms with E-state index in [-0.39, 0.29) is 17.6 Å². The fraction of sp³-hybridized carbons (Fsp3) is 0.500. The highest BCUT2D eigenvalue weighted by Crippen LogP contribution is 2.18. The number of hydrogen-bond acceptors (Lipinski definition) is 4. The molecule has 142 valence electrons. The molecule has 1 aromatic rings. The summed E-state index contributed by atoms with van der Waals surface area (Å²) < 4.78 is 18.7. The number of nitrogens with one attached hydrogen (secondary N) is 1. The molecule has 1 aromatic carbocycles. The molecule has 0 aliphatic carbocycles. The van der Waals surface area contributed by atoms with Crippen molar-refractivity contribution in [3.8, 4) is 5.75 Å². The summed E-state index contributed by atoms with van der Waals surface area (Å²) in [6.07, 6.45) is 1.47. The van der Waals surface area contributed by atoms with E-state index in [9.17, 15) is 14.0 Å². The number of aliphatic imine (C=N–C) groups is 1. The molecule has 0 aromatic heterocycles. The molecule has 2 rings (SSSR count). The van der Waals surface area contributed by atoms with E-state index in [1.54, 1.807) is 19.2 Å². The number of imide groups is 1. The second kappa shape index (κ2) is 9.17. The number of amides is 2. The lowest BCUT2D eigenvalue weighted by Gasteiger charge is -2.26. The maximum absolute atomic E-state index is 13.8. The van der Waals surface area contributed by atoms with E-state index in [0.29, 0.717) is 44.9 Å². The largest absolute Gasteiger partial charge is 0.494 e. The van der Waals surface area contributed by atoms with Gasteiger partial charge in [0.2, 0.25) is 11.8 Å². The van der Waals surface area contributed by atoms with Crippen molar-refractivity contribution in [3.63, 3.8) is 0 Å². The minimum atomic E-state index is -0.413. The fourth-order valence-corrected chi connectivity index (χ4v) is 2.87. The van der Waals surface area contributed by atoms with Gasteiger partial charge in [-0.3, -0.25) is 19.5 Å². The van der Waals surface area contributed by atoms with Gasteiger partial charge in [-0.15, -0.1) is 0 Å². The second-order valence-electron chi connectivity index (χ2n) is 6.09. The van der Waals surface area contributed by atoms with Crippen LogP contribution < -0.4 is 10.1 Å². The Kier molecular flexibility index (Phi) is 6.94. The summed E-state index contributed by atoms with van der Waals surface area (Å²) in [5.74, 6) is 0.136. The number of guanidine groups is 1. The Labute approximate surface area is 152 Å². The van der Waals surface area contributed by atoms with Crippen LogP contribution in [0.5, 0.6) is 5.75 Å². The number of hydrogen-bond donors (Lipinski definition) is 1. The van der Waals surface area contributed by atoms with Crippen molar-refractivity contribution in [2.45, 2.75) is 25.8 Å². The first-order chi connectivity index (χ1) is 12.5. The van der Waals surface area contributed by atoms with E-state index in [1.807, 2.05) is 11.9 Å². The van der Waals surface area contributed by atoms with E-state index in [1.165, 1.54) is 18.1 Å². The summed E-state index contributed by atoms with van der Waals surface area (Å²) in [7, 11) is 4.90. The first kappa shape index (κ1) is 19.7. The van der Waals surface area contributed by atoms with Crippen LogP contribution in [-0.4, -0.2) is 61.9 Å². The topological polar surface area (TPSA) is 74.2 Å². The monoisotopic (exact) mass is 364 g/mol. The first-order valence-corrected chi connectivity index (χ1v) is 8.53. The molecule has 0 bridgehead atoms. The molecule has 1 aliphatic heterocycles. The third-order valence-corrected chi connectivity index (χ3v) is 4.21. The molecule has 26 heavy (non-hydrogen) atoms. The molecule has 7 nitrogen and oxygen atoms in total. The van der Waals surface area contributed by atoms with Gasteiger partial charge in [0, 0.05) is 46.6 Å². The van der Waals surface area contributed by atoms with Gasteiger partial charge in [0.05, 0.1) is 7.11 Å². The molecule has 0 spiro atoms. The number of halogens is 1. The van der Waals surface area contributed by atoms with E-state index < -0.39 is 5.82 Å². The Morgan fingerprint density at radius 2 is 2.04 bits per heavy atom. The Hall–Kier alpha value is -2.64. The van der Waals surface area contributed by atoms with E-state index >= 15 is 0 Å². The highest BCUT2D eigenvalue weighted by atomic mass is 19.1.